The number of halogens is 3. The molecule has 4 aromatic carbocycles. The van der Waals surface area contributed by atoms with Crippen LogP contribution in [0.25, 0.3) is 0 Å². The van der Waals surface area contributed by atoms with E-state index < -0.39 is 0 Å². The van der Waals surface area contributed by atoms with Crippen LogP contribution in [-0.2, 0) is 34.7 Å². The van der Waals surface area contributed by atoms with Gasteiger partial charge in [0.15, 0.2) is 5.96 Å². The Balaban J connectivity index is 0.00000583. The highest BCUT2D eigenvalue weighted by atomic mass is 79.9. The number of nitrogens with one attached hydrogen (secondary N) is 1. The van der Waals surface area contributed by atoms with Crippen LogP contribution >= 0.6 is 40.2 Å². The molecule has 51 heavy (non-hydrogen) atoms. The second-order valence-electron chi connectivity index (χ2n) is 18.3. The predicted molar refractivity (Wildman–Crippen MR) is 225 cm³/mol. The van der Waals surface area contributed by atoms with Crippen molar-refractivity contribution in [3.05, 3.63) is 139 Å². The normalized spacial score (nSPS) is 17.2. The van der Waals surface area contributed by atoms with E-state index in [1.807, 2.05) is 0 Å². The summed E-state index contributed by atoms with van der Waals surface area (Å²) < 4.78 is 0. The molecule has 0 unspecified atom stereocenters. The highest BCUT2D eigenvalue weighted by Gasteiger charge is 2.46. The SMILES string of the molecule is Br.CC(C)(C)c1cc(CN2C(=N)N(Cc3cc(C(C)(C)C)cc(C(C)(C)C)c3Cl)[C@@H](c3ccccc3)[C@@H]2c2ccccc2)c(Cl)c(C(C)(C)C)c1. The molecule has 0 radical (unpaired) electrons. The average Bonchev–Trinajstić information content (AvgIpc) is 3.28. The number of hydrogen-bond donors (Lipinski definition) is 1. The molecule has 0 aromatic heterocycles. The Morgan fingerprint density at radius 2 is 0.824 bits per heavy atom. The van der Waals surface area contributed by atoms with Gasteiger partial charge in [-0.25, -0.2) is 0 Å². The average molecular weight is 792 g/mol. The number of hydrogen-bond acceptors (Lipinski definition) is 1. The smallest absolute Gasteiger partial charge is 0.195 e. The van der Waals surface area contributed by atoms with E-state index in [1.54, 1.807) is 0 Å². The first-order chi connectivity index (χ1) is 23.1. The molecule has 6 heteroatoms. The lowest BCUT2D eigenvalue weighted by atomic mass is 9.79. The summed E-state index contributed by atoms with van der Waals surface area (Å²) in [7, 11) is 0. The third-order valence-corrected chi connectivity index (χ3v) is 11.0. The molecule has 1 N–H and O–H groups in total. The van der Waals surface area contributed by atoms with Gasteiger partial charge in [0.05, 0.1) is 12.1 Å². The molecule has 274 valence electrons. The van der Waals surface area contributed by atoms with Crippen molar-refractivity contribution in [1.82, 2.24) is 9.80 Å². The molecule has 5 rings (SSSR count). The summed E-state index contributed by atoms with van der Waals surface area (Å²) in [5.74, 6) is 0.469. The van der Waals surface area contributed by atoms with Crippen LogP contribution in [0.15, 0.2) is 84.9 Å². The zero-order valence-electron chi connectivity index (χ0n) is 32.7. The van der Waals surface area contributed by atoms with Gasteiger partial charge >= 0.3 is 0 Å². The molecule has 0 amide bonds. The van der Waals surface area contributed by atoms with Crippen molar-refractivity contribution in [2.75, 3.05) is 0 Å². The lowest BCUT2D eigenvalue weighted by Crippen LogP contribution is -2.33. The Morgan fingerprint density at radius 3 is 1.10 bits per heavy atom. The Morgan fingerprint density at radius 1 is 0.510 bits per heavy atom. The van der Waals surface area contributed by atoms with Gasteiger partial charge in [-0.1, -0.05) is 191 Å². The van der Waals surface area contributed by atoms with E-state index in [-0.39, 0.29) is 50.7 Å². The minimum Gasteiger partial charge on any atom is -0.329 e. The lowest BCUT2D eigenvalue weighted by molar-refractivity contribution is 0.263. The van der Waals surface area contributed by atoms with Crippen molar-refractivity contribution in [3.63, 3.8) is 0 Å². The minimum absolute atomic E-state index is 0. The lowest BCUT2D eigenvalue weighted by Gasteiger charge is -2.32. The second-order valence-corrected chi connectivity index (χ2v) is 19.0. The van der Waals surface area contributed by atoms with Crippen LogP contribution in [0.1, 0.15) is 140 Å². The second kappa shape index (κ2) is 14.9. The number of guanidine groups is 1. The molecule has 1 heterocycles. The van der Waals surface area contributed by atoms with Gasteiger partial charge in [0.2, 0.25) is 0 Å². The van der Waals surface area contributed by atoms with Gasteiger partial charge in [-0.3, -0.25) is 5.41 Å². The third kappa shape index (κ3) is 8.72. The number of nitrogens with zero attached hydrogens (tertiary/aromatic N) is 2. The van der Waals surface area contributed by atoms with E-state index in [4.69, 9.17) is 23.2 Å². The molecule has 1 aliphatic heterocycles. The van der Waals surface area contributed by atoms with Crippen LogP contribution < -0.4 is 0 Å². The first-order valence-corrected chi connectivity index (χ1v) is 18.7. The van der Waals surface area contributed by atoms with E-state index in [1.165, 1.54) is 11.1 Å². The van der Waals surface area contributed by atoms with Gasteiger partial charge in [-0.2, -0.15) is 0 Å². The van der Waals surface area contributed by atoms with Crippen molar-refractivity contribution < 1.29 is 0 Å². The standard InChI is InChI=1S/C45H57Cl2N3.BrH/c1-42(2,3)33-23-31(37(46)35(25-33)44(7,8)9)27-49-39(29-19-15-13-16-20-29)40(30-21-17-14-18-22-30)50(41(49)48)28-32-24-34(43(4,5)6)26-36(38(32)47)45(10,11)12;/h13-26,39-40,48H,27-28H2,1-12H3;1H/t39-,40-;/m0./s1. The van der Waals surface area contributed by atoms with Crippen molar-refractivity contribution in [2.24, 2.45) is 0 Å². The highest BCUT2D eigenvalue weighted by molar-refractivity contribution is 8.93. The maximum atomic E-state index is 10.0. The molecular weight excluding hydrogens is 733 g/mol. The topological polar surface area (TPSA) is 30.3 Å². The zero-order valence-corrected chi connectivity index (χ0v) is 35.9. The predicted octanol–water partition coefficient (Wildman–Crippen LogP) is 13.5. The fraction of sp³-hybridized carbons (Fsp3) is 0.444. The summed E-state index contributed by atoms with van der Waals surface area (Å²) in [6, 6.07) is 30.2. The van der Waals surface area contributed by atoms with Crippen LogP contribution in [0.3, 0.4) is 0 Å². The summed E-state index contributed by atoms with van der Waals surface area (Å²) >= 11 is 14.7. The number of benzene rings is 4. The number of rotatable bonds is 6. The zero-order chi connectivity index (χ0) is 37.0. The first kappa shape index (κ1) is 41.0. The van der Waals surface area contributed by atoms with Crippen LogP contribution in [0.5, 0.6) is 0 Å². The van der Waals surface area contributed by atoms with Crippen LogP contribution in [-0.4, -0.2) is 15.8 Å². The molecule has 0 bridgehead atoms. The molecular formula is C45H58BrCl2N3. The maximum absolute atomic E-state index is 10.0. The Kier molecular flexibility index (Phi) is 12.0. The third-order valence-electron chi connectivity index (χ3n) is 10.1. The molecule has 1 fully saturated rings. The Hall–Kier alpha value is -2.79. The Bertz CT molecular complexity index is 1710. The molecule has 4 aromatic rings. The first-order valence-electron chi connectivity index (χ1n) is 18.0. The van der Waals surface area contributed by atoms with E-state index in [2.05, 4.69) is 178 Å². The quantitative estimate of drug-likeness (QED) is 0.211. The van der Waals surface area contributed by atoms with Crippen molar-refractivity contribution in [1.29, 1.82) is 5.41 Å². The van der Waals surface area contributed by atoms with Gasteiger partial charge in [0.25, 0.3) is 0 Å². The summed E-state index contributed by atoms with van der Waals surface area (Å²) in [6.07, 6.45) is 0. The molecule has 1 aliphatic rings. The molecule has 0 saturated carbocycles. The monoisotopic (exact) mass is 789 g/mol. The Labute approximate surface area is 329 Å². The van der Waals surface area contributed by atoms with Crippen LogP contribution in [0.2, 0.25) is 10.0 Å². The van der Waals surface area contributed by atoms with Crippen molar-refractivity contribution in [2.45, 2.75) is 130 Å². The van der Waals surface area contributed by atoms with Crippen molar-refractivity contribution >= 4 is 46.1 Å². The highest BCUT2D eigenvalue weighted by Crippen LogP contribution is 2.48. The van der Waals surface area contributed by atoms with Crippen molar-refractivity contribution in [3.8, 4) is 0 Å². The van der Waals surface area contributed by atoms with Gasteiger partial charge < -0.3 is 9.80 Å². The summed E-state index contributed by atoms with van der Waals surface area (Å²) in [5, 5.41) is 11.6. The van der Waals surface area contributed by atoms with Gasteiger partial charge in [-0.15, -0.1) is 17.0 Å². The van der Waals surface area contributed by atoms with E-state index in [0.29, 0.717) is 19.0 Å². The largest absolute Gasteiger partial charge is 0.329 e. The van der Waals surface area contributed by atoms with Crippen LogP contribution in [0.4, 0.5) is 0 Å². The van der Waals surface area contributed by atoms with Gasteiger partial charge in [-0.05, 0) is 66.2 Å². The minimum atomic E-state index is -0.136. The van der Waals surface area contributed by atoms with E-state index >= 15 is 0 Å². The summed E-state index contributed by atoms with van der Waals surface area (Å²) in [6.45, 7) is 27.9. The summed E-state index contributed by atoms with van der Waals surface area (Å²) in [4.78, 5) is 4.53. The fourth-order valence-corrected chi connectivity index (χ4v) is 7.97. The summed E-state index contributed by atoms with van der Waals surface area (Å²) in [5.41, 5.74) is 8.81. The maximum Gasteiger partial charge on any atom is 0.195 e. The molecule has 1 saturated heterocycles. The molecule has 0 aliphatic carbocycles. The molecule has 3 nitrogen and oxygen atoms in total. The van der Waals surface area contributed by atoms with Crippen LogP contribution in [0, 0.1) is 5.41 Å². The fourth-order valence-electron chi connectivity index (χ4n) is 7.06. The van der Waals surface area contributed by atoms with E-state index in [9.17, 15) is 5.41 Å². The van der Waals surface area contributed by atoms with Gasteiger partial charge in [0, 0.05) is 23.1 Å². The van der Waals surface area contributed by atoms with E-state index in [0.717, 1.165) is 43.4 Å². The molecule has 0 spiro atoms. The van der Waals surface area contributed by atoms with Gasteiger partial charge in [0.1, 0.15) is 0 Å². The molecule has 2 atom stereocenters.